The van der Waals surface area contributed by atoms with E-state index in [9.17, 15) is 9.59 Å². The minimum absolute atomic E-state index is 0.00796. The summed E-state index contributed by atoms with van der Waals surface area (Å²) in [6.45, 7) is 3.84. The molecule has 0 amide bonds. The molecule has 2 aromatic heterocycles. The van der Waals surface area contributed by atoms with Crippen LogP contribution in [0, 0.1) is 13.8 Å². The molecule has 134 valence electrons. The molecule has 0 N–H and O–H groups in total. The Morgan fingerprint density at radius 1 is 0.963 bits per heavy atom. The van der Waals surface area contributed by atoms with Gasteiger partial charge in [0, 0.05) is 5.56 Å². The smallest absolute Gasteiger partial charge is 0.379 e. The van der Waals surface area contributed by atoms with Crippen molar-refractivity contribution in [3.8, 4) is 17.1 Å². The van der Waals surface area contributed by atoms with Crippen molar-refractivity contribution in [1.29, 1.82) is 0 Å². The van der Waals surface area contributed by atoms with Gasteiger partial charge in [0.15, 0.2) is 5.76 Å². The summed E-state index contributed by atoms with van der Waals surface area (Å²) >= 11 is 0. The van der Waals surface area contributed by atoms with Crippen molar-refractivity contribution < 1.29 is 18.4 Å². The third-order valence-corrected chi connectivity index (χ3v) is 4.24. The Labute approximate surface area is 154 Å². The van der Waals surface area contributed by atoms with E-state index in [1.54, 1.807) is 18.2 Å². The molecule has 0 saturated carbocycles. The molecule has 0 bridgehead atoms. The van der Waals surface area contributed by atoms with Gasteiger partial charge in [-0.15, -0.1) is 0 Å². The number of ether oxygens (including phenoxy) is 1. The van der Waals surface area contributed by atoms with E-state index >= 15 is 0 Å². The molecule has 0 radical (unpaired) electrons. The van der Waals surface area contributed by atoms with Crippen LogP contribution in [-0.4, -0.2) is 5.97 Å². The summed E-state index contributed by atoms with van der Waals surface area (Å²) < 4.78 is 16.4. The summed E-state index contributed by atoms with van der Waals surface area (Å²) in [5.41, 5.74) is 2.63. The van der Waals surface area contributed by atoms with Crippen molar-refractivity contribution in [2.75, 3.05) is 0 Å². The molecule has 5 heteroatoms. The highest BCUT2D eigenvalue weighted by Gasteiger charge is 2.22. The van der Waals surface area contributed by atoms with Gasteiger partial charge in [0.1, 0.15) is 5.58 Å². The number of fused-ring (bicyclic) bond motifs is 1. The van der Waals surface area contributed by atoms with Crippen molar-refractivity contribution in [2.45, 2.75) is 13.8 Å². The quantitative estimate of drug-likeness (QED) is 0.487. The molecular formula is C22H16O5. The standard InChI is InChI=1S/C22H16O5/c1-13-5-8-15(9-6-13)20-21(27-22(24)18-4-3-11-25-18)19(23)16-12-14(2)7-10-17(16)26-20/h3-12H,1-2H3. The lowest BCUT2D eigenvalue weighted by Gasteiger charge is -2.10. The van der Waals surface area contributed by atoms with E-state index in [1.807, 2.05) is 44.2 Å². The Balaban J connectivity index is 1.94. The Morgan fingerprint density at radius 2 is 1.70 bits per heavy atom. The Hall–Kier alpha value is -3.60. The Bertz CT molecular complexity index is 1180. The van der Waals surface area contributed by atoms with Crippen molar-refractivity contribution >= 4 is 16.9 Å². The van der Waals surface area contributed by atoms with E-state index in [1.165, 1.54) is 12.3 Å². The van der Waals surface area contributed by atoms with Gasteiger partial charge in [-0.25, -0.2) is 4.79 Å². The maximum absolute atomic E-state index is 13.1. The van der Waals surface area contributed by atoms with E-state index in [0.29, 0.717) is 16.5 Å². The molecule has 0 atom stereocenters. The lowest BCUT2D eigenvalue weighted by molar-refractivity contribution is 0.0698. The number of hydrogen-bond acceptors (Lipinski definition) is 5. The summed E-state index contributed by atoms with van der Waals surface area (Å²) in [5, 5.41) is 0.355. The van der Waals surface area contributed by atoms with Gasteiger partial charge in [-0.2, -0.15) is 0 Å². The predicted molar refractivity (Wildman–Crippen MR) is 101 cm³/mol. The van der Waals surface area contributed by atoms with Crippen molar-refractivity contribution in [3.05, 3.63) is 88.0 Å². The van der Waals surface area contributed by atoms with Crippen LogP contribution in [0.5, 0.6) is 5.75 Å². The highest BCUT2D eigenvalue weighted by Crippen LogP contribution is 2.31. The zero-order valence-corrected chi connectivity index (χ0v) is 14.8. The summed E-state index contributed by atoms with van der Waals surface area (Å²) in [6.07, 6.45) is 1.36. The summed E-state index contributed by atoms with van der Waals surface area (Å²) in [7, 11) is 0. The first kappa shape index (κ1) is 16.8. The Kier molecular flexibility index (Phi) is 4.12. The molecule has 0 aliphatic carbocycles. The maximum Gasteiger partial charge on any atom is 0.379 e. The lowest BCUT2D eigenvalue weighted by atomic mass is 10.1. The Morgan fingerprint density at radius 3 is 2.41 bits per heavy atom. The van der Waals surface area contributed by atoms with Crippen LogP contribution in [-0.2, 0) is 0 Å². The van der Waals surface area contributed by atoms with Crippen LogP contribution in [0.3, 0.4) is 0 Å². The monoisotopic (exact) mass is 360 g/mol. The van der Waals surface area contributed by atoms with E-state index in [-0.39, 0.29) is 17.3 Å². The number of rotatable bonds is 3. The van der Waals surface area contributed by atoms with E-state index in [2.05, 4.69) is 0 Å². The molecule has 2 aromatic carbocycles. The van der Waals surface area contributed by atoms with Crippen LogP contribution in [0.2, 0.25) is 0 Å². The van der Waals surface area contributed by atoms with Gasteiger partial charge in [-0.1, -0.05) is 41.5 Å². The zero-order valence-electron chi connectivity index (χ0n) is 14.8. The SMILES string of the molecule is Cc1ccc(-c2oc3ccc(C)cc3c(=O)c2OC(=O)c2ccco2)cc1. The van der Waals surface area contributed by atoms with Gasteiger partial charge < -0.3 is 13.6 Å². The van der Waals surface area contributed by atoms with Crippen molar-refractivity contribution in [3.63, 3.8) is 0 Å². The van der Waals surface area contributed by atoms with Crippen molar-refractivity contribution in [1.82, 2.24) is 0 Å². The van der Waals surface area contributed by atoms with Crippen LogP contribution in [0.25, 0.3) is 22.3 Å². The van der Waals surface area contributed by atoms with E-state index in [0.717, 1.165) is 11.1 Å². The summed E-state index contributed by atoms with van der Waals surface area (Å²) in [6, 6.07) is 15.8. The number of esters is 1. The normalized spacial score (nSPS) is 10.9. The largest absolute Gasteiger partial charge is 0.457 e. The predicted octanol–water partition coefficient (Wildman–Crippen LogP) is 4.89. The number of carbonyl (C=O) groups is 1. The van der Waals surface area contributed by atoms with E-state index < -0.39 is 11.4 Å². The average molecular weight is 360 g/mol. The molecule has 0 aliphatic heterocycles. The van der Waals surface area contributed by atoms with Crippen LogP contribution in [0.15, 0.2) is 74.5 Å². The molecule has 0 spiro atoms. The van der Waals surface area contributed by atoms with Gasteiger partial charge in [0.05, 0.1) is 11.6 Å². The molecule has 0 unspecified atom stereocenters. The summed E-state index contributed by atoms with van der Waals surface area (Å²) in [5.74, 6) is -0.698. The number of benzene rings is 2. The van der Waals surface area contributed by atoms with Crippen LogP contribution < -0.4 is 10.2 Å². The van der Waals surface area contributed by atoms with Gasteiger partial charge in [-0.3, -0.25) is 4.79 Å². The second-order valence-electron chi connectivity index (χ2n) is 6.32. The van der Waals surface area contributed by atoms with E-state index in [4.69, 9.17) is 13.6 Å². The first-order valence-electron chi connectivity index (χ1n) is 8.43. The summed E-state index contributed by atoms with van der Waals surface area (Å²) in [4.78, 5) is 25.5. The number of hydrogen-bond donors (Lipinski definition) is 0. The first-order valence-corrected chi connectivity index (χ1v) is 8.43. The fourth-order valence-corrected chi connectivity index (χ4v) is 2.82. The number of carbonyl (C=O) groups excluding carboxylic acids is 1. The second-order valence-corrected chi connectivity index (χ2v) is 6.32. The van der Waals surface area contributed by atoms with Crippen LogP contribution in [0.1, 0.15) is 21.7 Å². The molecule has 4 rings (SSSR count). The first-order chi connectivity index (χ1) is 13.0. The molecule has 27 heavy (non-hydrogen) atoms. The molecule has 2 heterocycles. The minimum atomic E-state index is -0.757. The second kappa shape index (κ2) is 6.61. The molecular weight excluding hydrogens is 344 g/mol. The maximum atomic E-state index is 13.1. The lowest BCUT2D eigenvalue weighted by Crippen LogP contribution is -2.16. The number of aryl methyl sites for hydroxylation is 2. The van der Waals surface area contributed by atoms with Gasteiger partial charge in [0.2, 0.25) is 16.9 Å². The van der Waals surface area contributed by atoms with Crippen LogP contribution in [0.4, 0.5) is 0 Å². The molecule has 0 aliphatic rings. The molecule has 0 fully saturated rings. The highest BCUT2D eigenvalue weighted by molar-refractivity contribution is 5.90. The third kappa shape index (κ3) is 3.15. The fourth-order valence-electron chi connectivity index (χ4n) is 2.82. The number of furan rings is 1. The third-order valence-electron chi connectivity index (χ3n) is 4.24. The van der Waals surface area contributed by atoms with Crippen LogP contribution >= 0.6 is 0 Å². The minimum Gasteiger partial charge on any atom is -0.457 e. The fraction of sp³-hybridized carbons (Fsp3) is 0.0909. The molecule has 0 saturated heterocycles. The topological polar surface area (TPSA) is 69.7 Å². The van der Waals surface area contributed by atoms with Gasteiger partial charge in [-0.05, 0) is 38.1 Å². The average Bonchev–Trinajstić information content (AvgIpc) is 3.20. The van der Waals surface area contributed by atoms with Crippen molar-refractivity contribution in [2.24, 2.45) is 0 Å². The highest BCUT2D eigenvalue weighted by atomic mass is 16.6. The molecule has 4 aromatic rings. The van der Waals surface area contributed by atoms with Gasteiger partial charge >= 0.3 is 5.97 Å². The van der Waals surface area contributed by atoms with Gasteiger partial charge in [0.25, 0.3) is 0 Å². The zero-order chi connectivity index (χ0) is 19.0. The molecule has 5 nitrogen and oxygen atoms in total.